The number of carbonyl (C=O) groups is 1. The minimum Gasteiger partial charge on any atom is -0.278 e. The third-order valence-corrected chi connectivity index (χ3v) is 4.08. The highest BCUT2D eigenvalue weighted by Gasteiger charge is 2.19. The molecule has 0 atom stereocenters. The van der Waals surface area contributed by atoms with Crippen LogP contribution in [0.2, 0.25) is 0 Å². The van der Waals surface area contributed by atoms with E-state index in [1.807, 2.05) is 13.0 Å². The van der Waals surface area contributed by atoms with Crippen molar-refractivity contribution in [1.29, 1.82) is 0 Å². The van der Waals surface area contributed by atoms with Crippen LogP contribution in [0, 0.1) is 0 Å². The van der Waals surface area contributed by atoms with E-state index in [1.54, 1.807) is 24.3 Å². The van der Waals surface area contributed by atoms with Gasteiger partial charge in [0.1, 0.15) is 0 Å². The number of sulfonamides is 1. The lowest BCUT2D eigenvalue weighted by Gasteiger charge is -2.17. The van der Waals surface area contributed by atoms with E-state index in [0.717, 1.165) is 10.7 Å². The molecule has 0 aliphatic carbocycles. The molecule has 1 rings (SSSR count). The SMILES string of the molecule is CCCCN(C=O)S(=O)(=O)Cc1ccccc1. The summed E-state index contributed by atoms with van der Waals surface area (Å²) in [4.78, 5) is 10.8. The van der Waals surface area contributed by atoms with Gasteiger partial charge in [-0.1, -0.05) is 43.7 Å². The molecule has 0 unspecified atom stereocenters. The van der Waals surface area contributed by atoms with E-state index in [1.165, 1.54) is 0 Å². The molecule has 0 bridgehead atoms. The maximum absolute atomic E-state index is 11.9. The monoisotopic (exact) mass is 255 g/mol. The Morgan fingerprint density at radius 3 is 2.41 bits per heavy atom. The van der Waals surface area contributed by atoms with Crippen LogP contribution in [-0.2, 0) is 20.6 Å². The molecule has 0 spiro atoms. The molecule has 4 nitrogen and oxygen atoms in total. The molecule has 0 radical (unpaired) electrons. The van der Waals surface area contributed by atoms with Gasteiger partial charge in [0, 0.05) is 6.54 Å². The van der Waals surface area contributed by atoms with E-state index in [9.17, 15) is 13.2 Å². The van der Waals surface area contributed by atoms with Crippen molar-refractivity contribution in [2.24, 2.45) is 0 Å². The second-order valence-corrected chi connectivity index (χ2v) is 5.73. The van der Waals surface area contributed by atoms with Gasteiger partial charge in [0.2, 0.25) is 16.4 Å². The third-order valence-electron chi connectivity index (χ3n) is 2.40. The lowest BCUT2D eigenvalue weighted by atomic mass is 10.2. The van der Waals surface area contributed by atoms with Crippen molar-refractivity contribution in [2.45, 2.75) is 25.5 Å². The fraction of sp³-hybridized carbons (Fsp3) is 0.417. The number of amides is 1. The van der Waals surface area contributed by atoms with Crippen LogP contribution in [0.1, 0.15) is 25.3 Å². The van der Waals surface area contributed by atoms with Crippen molar-refractivity contribution in [3.63, 3.8) is 0 Å². The second-order valence-electron chi connectivity index (χ2n) is 3.81. The molecule has 0 saturated carbocycles. The first-order chi connectivity index (χ1) is 8.10. The number of hydrogen-bond acceptors (Lipinski definition) is 3. The molecular formula is C12H17NO3S. The molecule has 0 saturated heterocycles. The zero-order valence-corrected chi connectivity index (χ0v) is 10.7. The molecule has 0 fully saturated rings. The van der Waals surface area contributed by atoms with Gasteiger partial charge in [-0.2, -0.15) is 0 Å². The molecule has 1 aromatic carbocycles. The maximum atomic E-state index is 11.9. The minimum atomic E-state index is -3.53. The molecule has 0 aliphatic heterocycles. The van der Waals surface area contributed by atoms with Crippen LogP contribution >= 0.6 is 0 Å². The zero-order chi connectivity index (χ0) is 12.7. The fourth-order valence-corrected chi connectivity index (χ4v) is 2.76. The number of nitrogens with zero attached hydrogens (tertiary/aromatic N) is 1. The van der Waals surface area contributed by atoms with E-state index in [2.05, 4.69) is 0 Å². The van der Waals surface area contributed by atoms with Gasteiger partial charge < -0.3 is 0 Å². The van der Waals surface area contributed by atoms with Crippen molar-refractivity contribution in [3.8, 4) is 0 Å². The van der Waals surface area contributed by atoms with Gasteiger partial charge >= 0.3 is 0 Å². The lowest BCUT2D eigenvalue weighted by molar-refractivity contribution is -0.114. The first-order valence-electron chi connectivity index (χ1n) is 5.59. The summed E-state index contributed by atoms with van der Waals surface area (Å²) < 4.78 is 24.8. The van der Waals surface area contributed by atoms with Gasteiger partial charge in [-0.3, -0.25) is 4.79 Å². The highest BCUT2D eigenvalue weighted by Crippen LogP contribution is 2.10. The summed E-state index contributed by atoms with van der Waals surface area (Å²) in [5.74, 6) is -0.129. The number of rotatable bonds is 7. The van der Waals surface area contributed by atoms with Crippen molar-refractivity contribution in [2.75, 3.05) is 6.54 Å². The Hall–Kier alpha value is -1.36. The van der Waals surface area contributed by atoms with E-state index in [-0.39, 0.29) is 12.3 Å². The van der Waals surface area contributed by atoms with Crippen molar-refractivity contribution in [3.05, 3.63) is 35.9 Å². The summed E-state index contributed by atoms with van der Waals surface area (Å²) >= 11 is 0. The standard InChI is InChI=1S/C12H17NO3S/c1-2-3-9-13(11-14)17(15,16)10-12-7-5-4-6-8-12/h4-8,11H,2-3,9-10H2,1H3. The molecular weight excluding hydrogens is 238 g/mol. The summed E-state index contributed by atoms with van der Waals surface area (Å²) in [6.45, 7) is 2.21. The van der Waals surface area contributed by atoms with Crippen LogP contribution in [0.25, 0.3) is 0 Å². The first kappa shape index (κ1) is 13.7. The van der Waals surface area contributed by atoms with Crippen molar-refractivity contribution >= 4 is 16.4 Å². The van der Waals surface area contributed by atoms with E-state index in [0.29, 0.717) is 18.4 Å². The van der Waals surface area contributed by atoms with E-state index in [4.69, 9.17) is 0 Å². The average molecular weight is 255 g/mol. The van der Waals surface area contributed by atoms with Crippen LogP contribution < -0.4 is 0 Å². The average Bonchev–Trinajstić information content (AvgIpc) is 2.30. The summed E-state index contributed by atoms with van der Waals surface area (Å²) in [7, 11) is -3.53. The molecule has 1 amide bonds. The first-order valence-corrected chi connectivity index (χ1v) is 7.20. The molecule has 0 aliphatic rings. The minimum absolute atomic E-state index is 0.129. The van der Waals surface area contributed by atoms with Gasteiger partial charge in [0.05, 0.1) is 5.75 Å². The van der Waals surface area contributed by atoms with Gasteiger partial charge in [-0.05, 0) is 12.0 Å². The molecule has 0 heterocycles. The van der Waals surface area contributed by atoms with Gasteiger partial charge in [0.25, 0.3) is 0 Å². The summed E-state index contributed by atoms with van der Waals surface area (Å²) in [6, 6.07) is 8.86. The smallest absolute Gasteiger partial charge is 0.241 e. The number of hydrogen-bond donors (Lipinski definition) is 0. The van der Waals surface area contributed by atoms with Crippen molar-refractivity contribution < 1.29 is 13.2 Å². The van der Waals surface area contributed by atoms with Gasteiger partial charge in [-0.15, -0.1) is 0 Å². The number of carbonyl (C=O) groups excluding carboxylic acids is 1. The number of unbranched alkanes of at least 4 members (excludes halogenated alkanes) is 1. The predicted molar refractivity (Wildman–Crippen MR) is 66.7 cm³/mol. The summed E-state index contributed by atoms with van der Waals surface area (Å²) in [5, 5.41) is 0. The van der Waals surface area contributed by atoms with Gasteiger partial charge in [0.15, 0.2) is 0 Å². The topological polar surface area (TPSA) is 54.5 Å². The van der Waals surface area contributed by atoms with Crippen LogP contribution in [0.15, 0.2) is 30.3 Å². The molecule has 5 heteroatoms. The summed E-state index contributed by atoms with van der Waals surface area (Å²) in [5.41, 5.74) is 0.691. The van der Waals surface area contributed by atoms with E-state index < -0.39 is 10.0 Å². The molecule has 1 aromatic rings. The normalized spacial score (nSPS) is 11.1. The largest absolute Gasteiger partial charge is 0.278 e. The van der Waals surface area contributed by atoms with Gasteiger partial charge in [-0.25, -0.2) is 12.7 Å². The van der Waals surface area contributed by atoms with Crippen molar-refractivity contribution in [1.82, 2.24) is 4.31 Å². The fourth-order valence-electron chi connectivity index (χ4n) is 1.44. The van der Waals surface area contributed by atoms with E-state index >= 15 is 0 Å². The highest BCUT2D eigenvalue weighted by atomic mass is 32.2. The van der Waals surface area contributed by atoms with Crippen LogP contribution in [0.5, 0.6) is 0 Å². The molecule has 17 heavy (non-hydrogen) atoms. The Balaban J connectivity index is 2.76. The summed E-state index contributed by atoms with van der Waals surface area (Å²) in [6.07, 6.45) is 1.94. The van der Waals surface area contributed by atoms with Crippen LogP contribution in [0.4, 0.5) is 0 Å². The van der Waals surface area contributed by atoms with Crippen LogP contribution in [-0.4, -0.2) is 25.7 Å². The predicted octanol–water partition coefficient (Wildman–Crippen LogP) is 1.77. The quantitative estimate of drug-likeness (QED) is 0.698. The Morgan fingerprint density at radius 1 is 1.24 bits per heavy atom. The molecule has 0 N–H and O–H groups in total. The zero-order valence-electron chi connectivity index (χ0n) is 9.87. The Morgan fingerprint density at radius 2 is 1.88 bits per heavy atom. The highest BCUT2D eigenvalue weighted by molar-refractivity contribution is 7.88. The second kappa shape index (κ2) is 6.39. The lowest BCUT2D eigenvalue weighted by Crippen LogP contribution is -2.31. The third kappa shape index (κ3) is 4.19. The van der Waals surface area contributed by atoms with Crippen LogP contribution in [0.3, 0.4) is 0 Å². The molecule has 94 valence electrons. The Labute approximate surface area is 102 Å². The maximum Gasteiger partial charge on any atom is 0.241 e. The molecule has 0 aromatic heterocycles. The Kier molecular flexibility index (Phi) is 5.15. The Bertz CT molecular complexity index is 442. The number of benzene rings is 1.